The van der Waals surface area contributed by atoms with E-state index in [2.05, 4.69) is 128 Å². The molecule has 148 valence electrons. The van der Waals surface area contributed by atoms with Gasteiger partial charge in [-0.05, 0) is 23.6 Å². The molecule has 0 aliphatic heterocycles. The fourth-order valence-corrected chi connectivity index (χ4v) is 4.25. The van der Waals surface area contributed by atoms with Gasteiger partial charge in [0.05, 0.1) is 5.69 Å². The molecule has 31 heavy (non-hydrogen) atoms. The van der Waals surface area contributed by atoms with Crippen LogP contribution in [-0.4, -0.2) is 4.98 Å². The van der Waals surface area contributed by atoms with E-state index in [4.69, 9.17) is 4.98 Å². The Morgan fingerprint density at radius 3 is 1.19 bits per heavy atom. The van der Waals surface area contributed by atoms with Gasteiger partial charge in [0, 0.05) is 27.9 Å². The molecule has 0 fully saturated rings. The molecule has 0 unspecified atom stereocenters. The van der Waals surface area contributed by atoms with Crippen molar-refractivity contribution < 1.29 is 0 Å². The van der Waals surface area contributed by atoms with E-state index in [9.17, 15) is 0 Å². The second-order valence-corrected chi connectivity index (χ2v) is 7.63. The summed E-state index contributed by atoms with van der Waals surface area (Å²) in [5, 5.41) is 0. The number of pyridine rings is 1. The highest BCUT2D eigenvalue weighted by molar-refractivity contribution is 6.00. The first kappa shape index (κ1) is 19.0. The fourth-order valence-electron chi connectivity index (χ4n) is 4.25. The zero-order valence-electron chi connectivity index (χ0n) is 17.5. The molecule has 0 aliphatic rings. The number of benzene rings is 4. The lowest BCUT2D eigenvalue weighted by Gasteiger charge is -2.22. The molecule has 0 saturated heterocycles. The van der Waals surface area contributed by atoms with Crippen molar-refractivity contribution in [1.29, 1.82) is 0 Å². The SMILES string of the molecule is Cc1nc(-c2ccccc2)c(-c2ccccc2)c(-c2ccccc2)c1-c1ccccc1. The van der Waals surface area contributed by atoms with Crippen molar-refractivity contribution in [3.63, 3.8) is 0 Å². The Morgan fingerprint density at radius 1 is 0.387 bits per heavy atom. The van der Waals surface area contributed by atoms with E-state index in [1.54, 1.807) is 0 Å². The van der Waals surface area contributed by atoms with Crippen LogP contribution in [0.25, 0.3) is 44.6 Å². The Morgan fingerprint density at radius 2 is 0.742 bits per heavy atom. The monoisotopic (exact) mass is 397 g/mol. The van der Waals surface area contributed by atoms with E-state index in [1.807, 2.05) is 0 Å². The van der Waals surface area contributed by atoms with Crippen LogP contribution in [-0.2, 0) is 0 Å². The van der Waals surface area contributed by atoms with Crippen LogP contribution < -0.4 is 0 Å². The van der Waals surface area contributed by atoms with Crippen molar-refractivity contribution in [1.82, 2.24) is 4.98 Å². The molecule has 0 bridgehead atoms. The third-order valence-electron chi connectivity index (χ3n) is 5.61. The topological polar surface area (TPSA) is 12.9 Å². The second-order valence-electron chi connectivity index (χ2n) is 7.63. The molecule has 1 heteroatoms. The lowest BCUT2D eigenvalue weighted by molar-refractivity contribution is 1.21. The van der Waals surface area contributed by atoms with Crippen molar-refractivity contribution >= 4 is 0 Å². The van der Waals surface area contributed by atoms with Gasteiger partial charge >= 0.3 is 0 Å². The van der Waals surface area contributed by atoms with Crippen molar-refractivity contribution in [3.8, 4) is 44.6 Å². The third-order valence-corrected chi connectivity index (χ3v) is 5.61. The smallest absolute Gasteiger partial charge is 0.0790 e. The molecule has 0 atom stereocenters. The average Bonchev–Trinajstić information content (AvgIpc) is 2.85. The Kier molecular flexibility index (Phi) is 5.16. The highest BCUT2D eigenvalue weighted by atomic mass is 14.7. The first-order valence-corrected chi connectivity index (χ1v) is 10.6. The highest BCUT2D eigenvalue weighted by Gasteiger charge is 2.22. The van der Waals surface area contributed by atoms with Gasteiger partial charge < -0.3 is 0 Å². The maximum Gasteiger partial charge on any atom is 0.0790 e. The van der Waals surface area contributed by atoms with Gasteiger partial charge in [0.25, 0.3) is 0 Å². The summed E-state index contributed by atoms with van der Waals surface area (Å²) >= 11 is 0. The molecule has 0 aliphatic carbocycles. The molecule has 4 aromatic carbocycles. The molecular formula is C30H23N. The van der Waals surface area contributed by atoms with Crippen LogP contribution in [0.3, 0.4) is 0 Å². The number of hydrogen-bond acceptors (Lipinski definition) is 1. The molecule has 0 spiro atoms. The quantitative estimate of drug-likeness (QED) is 0.299. The fraction of sp³-hybridized carbons (Fsp3) is 0.0333. The van der Waals surface area contributed by atoms with Crippen molar-refractivity contribution in [2.45, 2.75) is 6.92 Å². The summed E-state index contributed by atoms with van der Waals surface area (Å²) in [5.74, 6) is 0. The number of nitrogens with zero attached hydrogens (tertiary/aromatic N) is 1. The van der Waals surface area contributed by atoms with E-state index in [0.717, 1.165) is 17.0 Å². The minimum absolute atomic E-state index is 1.02. The third kappa shape index (κ3) is 3.67. The predicted molar refractivity (Wildman–Crippen MR) is 131 cm³/mol. The molecule has 1 heterocycles. The second kappa shape index (κ2) is 8.41. The summed E-state index contributed by atoms with van der Waals surface area (Å²) in [6.07, 6.45) is 0. The maximum atomic E-state index is 5.18. The van der Waals surface area contributed by atoms with E-state index >= 15 is 0 Å². The number of hydrogen-bond donors (Lipinski definition) is 0. The van der Waals surface area contributed by atoms with Crippen LogP contribution in [0, 0.1) is 6.92 Å². The zero-order valence-corrected chi connectivity index (χ0v) is 17.5. The molecule has 0 amide bonds. The number of aryl methyl sites for hydroxylation is 1. The first-order chi connectivity index (χ1) is 15.3. The van der Waals surface area contributed by atoms with E-state index < -0.39 is 0 Å². The zero-order chi connectivity index (χ0) is 21.0. The standard InChI is InChI=1S/C30H23N/c1-22-27(23-14-6-2-7-15-23)28(24-16-8-3-9-17-24)29(25-18-10-4-11-19-25)30(31-22)26-20-12-5-13-21-26/h2-21H,1H3. The molecule has 5 rings (SSSR count). The van der Waals surface area contributed by atoms with Crippen LogP contribution in [0.2, 0.25) is 0 Å². The number of rotatable bonds is 4. The van der Waals surface area contributed by atoms with E-state index in [0.29, 0.717) is 0 Å². The van der Waals surface area contributed by atoms with E-state index in [-0.39, 0.29) is 0 Å². The lowest BCUT2D eigenvalue weighted by Crippen LogP contribution is -2.00. The molecule has 1 nitrogen and oxygen atoms in total. The molecule has 1 aromatic heterocycles. The van der Waals surface area contributed by atoms with Gasteiger partial charge in [-0.3, -0.25) is 4.98 Å². The van der Waals surface area contributed by atoms with Crippen molar-refractivity contribution in [2.24, 2.45) is 0 Å². The van der Waals surface area contributed by atoms with E-state index in [1.165, 1.54) is 33.4 Å². The summed E-state index contributed by atoms with van der Waals surface area (Å²) in [5.41, 5.74) is 10.3. The van der Waals surface area contributed by atoms with Gasteiger partial charge in [-0.2, -0.15) is 0 Å². The Bertz CT molecular complexity index is 1290. The summed E-state index contributed by atoms with van der Waals surface area (Å²) in [4.78, 5) is 5.18. The largest absolute Gasteiger partial charge is 0.252 e. The lowest BCUT2D eigenvalue weighted by atomic mass is 9.85. The molecule has 0 N–H and O–H groups in total. The summed E-state index contributed by atoms with van der Waals surface area (Å²) in [7, 11) is 0. The molecular weight excluding hydrogens is 374 g/mol. The van der Waals surface area contributed by atoms with Crippen LogP contribution >= 0.6 is 0 Å². The summed E-state index contributed by atoms with van der Waals surface area (Å²) in [6, 6.07) is 42.4. The summed E-state index contributed by atoms with van der Waals surface area (Å²) in [6.45, 7) is 2.12. The highest BCUT2D eigenvalue weighted by Crippen LogP contribution is 2.45. The van der Waals surface area contributed by atoms with Gasteiger partial charge in [0.15, 0.2) is 0 Å². The Balaban J connectivity index is 1.95. The van der Waals surface area contributed by atoms with Gasteiger partial charge in [0.1, 0.15) is 0 Å². The van der Waals surface area contributed by atoms with Crippen LogP contribution in [0.4, 0.5) is 0 Å². The molecule has 0 radical (unpaired) electrons. The number of aromatic nitrogens is 1. The van der Waals surface area contributed by atoms with Gasteiger partial charge in [-0.15, -0.1) is 0 Å². The first-order valence-electron chi connectivity index (χ1n) is 10.6. The minimum Gasteiger partial charge on any atom is -0.252 e. The Labute approximate surface area is 183 Å². The average molecular weight is 398 g/mol. The van der Waals surface area contributed by atoms with Gasteiger partial charge in [-0.1, -0.05) is 121 Å². The molecule has 5 aromatic rings. The normalized spacial score (nSPS) is 10.7. The van der Waals surface area contributed by atoms with Crippen LogP contribution in [0.1, 0.15) is 5.69 Å². The van der Waals surface area contributed by atoms with Gasteiger partial charge in [0.2, 0.25) is 0 Å². The molecule has 0 saturated carbocycles. The van der Waals surface area contributed by atoms with Crippen molar-refractivity contribution in [2.75, 3.05) is 0 Å². The van der Waals surface area contributed by atoms with Gasteiger partial charge in [-0.25, -0.2) is 0 Å². The maximum absolute atomic E-state index is 5.18. The Hall–Kier alpha value is -3.97. The summed E-state index contributed by atoms with van der Waals surface area (Å²) < 4.78 is 0. The van der Waals surface area contributed by atoms with Crippen LogP contribution in [0.5, 0.6) is 0 Å². The van der Waals surface area contributed by atoms with Crippen molar-refractivity contribution in [3.05, 3.63) is 127 Å². The minimum atomic E-state index is 1.02. The van der Waals surface area contributed by atoms with Crippen LogP contribution in [0.15, 0.2) is 121 Å². The predicted octanol–water partition coefficient (Wildman–Crippen LogP) is 8.06.